The standard InChI is InChI=1S/C14H21N5O3/c1-10-2-3-13(17-16-10)18-6-4-11(5-7-18)8-19(14(21)22)9-12(15)20/h2-3,11H,4-9H2,1H3,(H2,15,20)(H,21,22). The van der Waals surface area contributed by atoms with Crippen molar-refractivity contribution in [3.8, 4) is 0 Å². The van der Waals surface area contributed by atoms with Crippen molar-refractivity contribution in [3.63, 3.8) is 0 Å². The lowest BCUT2D eigenvalue weighted by Crippen LogP contribution is -2.43. The summed E-state index contributed by atoms with van der Waals surface area (Å²) in [7, 11) is 0. The first-order valence-electron chi connectivity index (χ1n) is 7.27. The van der Waals surface area contributed by atoms with Crippen LogP contribution in [0, 0.1) is 12.8 Å². The van der Waals surface area contributed by atoms with Gasteiger partial charge in [0.15, 0.2) is 5.82 Å². The van der Waals surface area contributed by atoms with Crippen molar-refractivity contribution in [3.05, 3.63) is 17.8 Å². The highest BCUT2D eigenvalue weighted by molar-refractivity contribution is 5.80. The third-order valence-electron chi connectivity index (χ3n) is 3.82. The zero-order valence-electron chi connectivity index (χ0n) is 12.6. The Morgan fingerprint density at radius 1 is 1.36 bits per heavy atom. The van der Waals surface area contributed by atoms with Gasteiger partial charge in [-0.05, 0) is 37.8 Å². The van der Waals surface area contributed by atoms with E-state index in [0.717, 1.165) is 42.3 Å². The van der Waals surface area contributed by atoms with Crippen LogP contribution in [0.1, 0.15) is 18.5 Å². The second kappa shape index (κ2) is 7.06. The Kier molecular flexibility index (Phi) is 5.13. The molecule has 0 bridgehead atoms. The van der Waals surface area contributed by atoms with Gasteiger partial charge < -0.3 is 15.7 Å². The molecular formula is C14H21N5O3. The fourth-order valence-corrected chi connectivity index (χ4v) is 2.62. The average molecular weight is 307 g/mol. The number of primary amides is 1. The molecule has 0 radical (unpaired) electrons. The molecule has 1 aliphatic rings. The summed E-state index contributed by atoms with van der Waals surface area (Å²) in [6, 6.07) is 3.87. The molecule has 22 heavy (non-hydrogen) atoms. The van der Waals surface area contributed by atoms with Crippen LogP contribution in [0.15, 0.2) is 12.1 Å². The minimum Gasteiger partial charge on any atom is -0.465 e. The SMILES string of the molecule is Cc1ccc(N2CCC(CN(CC(N)=O)C(=O)O)CC2)nn1. The number of nitrogens with zero attached hydrogens (tertiary/aromatic N) is 4. The lowest BCUT2D eigenvalue weighted by molar-refractivity contribution is -0.119. The molecule has 0 aromatic carbocycles. The average Bonchev–Trinajstić information content (AvgIpc) is 2.48. The van der Waals surface area contributed by atoms with Crippen molar-refractivity contribution in [1.29, 1.82) is 0 Å². The molecule has 1 aromatic heterocycles. The van der Waals surface area contributed by atoms with Gasteiger partial charge in [-0.1, -0.05) is 0 Å². The van der Waals surface area contributed by atoms with Crippen LogP contribution in [0.4, 0.5) is 10.6 Å². The highest BCUT2D eigenvalue weighted by atomic mass is 16.4. The minimum atomic E-state index is -1.11. The number of hydrogen-bond donors (Lipinski definition) is 2. The van der Waals surface area contributed by atoms with Gasteiger partial charge in [-0.3, -0.25) is 9.69 Å². The largest absolute Gasteiger partial charge is 0.465 e. The van der Waals surface area contributed by atoms with E-state index in [4.69, 9.17) is 10.8 Å². The Labute approximate surface area is 128 Å². The Morgan fingerprint density at radius 3 is 2.55 bits per heavy atom. The van der Waals surface area contributed by atoms with Crippen molar-refractivity contribution < 1.29 is 14.7 Å². The third-order valence-corrected chi connectivity index (χ3v) is 3.82. The van der Waals surface area contributed by atoms with Crippen LogP contribution >= 0.6 is 0 Å². The quantitative estimate of drug-likeness (QED) is 0.817. The molecule has 0 aliphatic carbocycles. The van der Waals surface area contributed by atoms with Crippen molar-refractivity contribution in [2.24, 2.45) is 11.7 Å². The molecule has 2 amide bonds. The molecule has 0 saturated carbocycles. The number of carbonyl (C=O) groups excluding carboxylic acids is 1. The predicted molar refractivity (Wildman–Crippen MR) is 80.5 cm³/mol. The van der Waals surface area contributed by atoms with Gasteiger partial charge in [0.25, 0.3) is 0 Å². The van der Waals surface area contributed by atoms with Gasteiger partial charge in [0.05, 0.1) is 5.69 Å². The summed E-state index contributed by atoms with van der Waals surface area (Å²) >= 11 is 0. The molecule has 1 saturated heterocycles. The molecule has 3 N–H and O–H groups in total. The first-order valence-corrected chi connectivity index (χ1v) is 7.27. The van der Waals surface area contributed by atoms with Gasteiger partial charge in [-0.25, -0.2) is 4.79 Å². The summed E-state index contributed by atoms with van der Waals surface area (Å²) in [6.07, 6.45) is 0.585. The molecule has 0 atom stereocenters. The van der Waals surface area contributed by atoms with E-state index in [9.17, 15) is 9.59 Å². The maximum Gasteiger partial charge on any atom is 0.407 e. The number of carboxylic acid groups (broad SMARTS) is 1. The van der Waals surface area contributed by atoms with E-state index in [-0.39, 0.29) is 12.5 Å². The Bertz CT molecular complexity index is 526. The lowest BCUT2D eigenvalue weighted by atomic mass is 9.96. The lowest BCUT2D eigenvalue weighted by Gasteiger charge is -2.34. The van der Waals surface area contributed by atoms with Crippen molar-refractivity contribution in [2.45, 2.75) is 19.8 Å². The number of piperidine rings is 1. The highest BCUT2D eigenvalue weighted by Crippen LogP contribution is 2.22. The molecule has 8 nitrogen and oxygen atoms in total. The van der Waals surface area contributed by atoms with Crippen molar-refractivity contribution in [1.82, 2.24) is 15.1 Å². The van der Waals surface area contributed by atoms with Gasteiger partial charge in [0.2, 0.25) is 5.91 Å². The molecule has 120 valence electrons. The molecule has 2 heterocycles. The first-order chi connectivity index (χ1) is 10.5. The number of rotatable bonds is 5. The van der Waals surface area contributed by atoms with Crippen molar-refractivity contribution >= 4 is 17.8 Å². The molecule has 0 unspecified atom stereocenters. The van der Waals surface area contributed by atoms with Crippen LogP contribution in [-0.2, 0) is 4.79 Å². The van der Waals surface area contributed by atoms with E-state index in [1.807, 2.05) is 19.1 Å². The van der Waals surface area contributed by atoms with Gasteiger partial charge in [-0.2, -0.15) is 5.10 Å². The minimum absolute atomic E-state index is 0.227. The zero-order valence-corrected chi connectivity index (χ0v) is 12.6. The zero-order chi connectivity index (χ0) is 16.1. The number of aryl methyl sites for hydroxylation is 1. The van der Waals surface area contributed by atoms with Gasteiger partial charge in [0.1, 0.15) is 6.54 Å². The van der Waals surface area contributed by atoms with E-state index in [2.05, 4.69) is 15.1 Å². The van der Waals surface area contributed by atoms with E-state index < -0.39 is 12.0 Å². The Morgan fingerprint density at radius 2 is 2.05 bits per heavy atom. The summed E-state index contributed by atoms with van der Waals surface area (Å²) in [5.41, 5.74) is 5.96. The predicted octanol–water partition coefficient (Wildman–Crippen LogP) is 0.467. The molecule has 0 spiro atoms. The van der Waals surface area contributed by atoms with Crippen LogP contribution in [-0.4, -0.2) is 58.4 Å². The second-order valence-electron chi connectivity index (χ2n) is 5.59. The fourth-order valence-electron chi connectivity index (χ4n) is 2.62. The molecule has 1 aromatic rings. The molecular weight excluding hydrogens is 286 g/mol. The highest BCUT2D eigenvalue weighted by Gasteiger charge is 2.25. The molecule has 1 aliphatic heterocycles. The van der Waals surface area contributed by atoms with Crippen LogP contribution in [0.2, 0.25) is 0 Å². The number of amides is 2. The van der Waals surface area contributed by atoms with E-state index in [1.54, 1.807) is 0 Å². The number of carbonyl (C=O) groups is 2. The second-order valence-corrected chi connectivity index (χ2v) is 5.59. The molecule has 2 rings (SSSR count). The smallest absolute Gasteiger partial charge is 0.407 e. The van der Waals surface area contributed by atoms with E-state index in [0.29, 0.717) is 6.54 Å². The summed E-state index contributed by atoms with van der Waals surface area (Å²) < 4.78 is 0. The Balaban J connectivity index is 1.87. The van der Waals surface area contributed by atoms with Crippen LogP contribution in [0.3, 0.4) is 0 Å². The number of anilines is 1. The van der Waals surface area contributed by atoms with Gasteiger partial charge in [-0.15, -0.1) is 5.10 Å². The third kappa shape index (κ3) is 4.31. The number of aromatic nitrogens is 2. The summed E-state index contributed by atoms with van der Waals surface area (Å²) in [5.74, 6) is 0.441. The van der Waals surface area contributed by atoms with Crippen LogP contribution < -0.4 is 10.6 Å². The molecule has 8 heteroatoms. The number of hydrogen-bond acceptors (Lipinski definition) is 5. The fraction of sp³-hybridized carbons (Fsp3) is 0.571. The van der Waals surface area contributed by atoms with Gasteiger partial charge >= 0.3 is 6.09 Å². The van der Waals surface area contributed by atoms with E-state index >= 15 is 0 Å². The maximum atomic E-state index is 11.1. The number of nitrogens with two attached hydrogens (primary N) is 1. The van der Waals surface area contributed by atoms with E-state index in [1.165, 1.54) is 0 Å². The first kappa shape index (κ1) is 16.0. The Hall–Kier alpha value is -2.38. The summed E-state index contributed by atoms with van der Waals surface area (Å²) in [5, 5.41) is 17.3. The maximum absolute atomic E-state index is 11.1. The van der Waals surface area contributed by atoms with Gasteiger partial charge in [0, 0.05) is 19.6 Å². The van der Waals surface area contributed by atoms with Crippen LogP contribution in [0.5, 0.6) is 0 Å². The molecule has 1 fully saturated rings. The summed E-state index contributed by atoms with van der Waals surface area (Å²) in [6.45, 7) is 3.58. The summed E-state index contributed by atoms with van der Waals surface area (Å²) in [4.78, 5) is 25.3. The monoisotopic (exact) mass is 307 g/mol. The topological polar surface area (TPSA) is 113 Å². The normalized spacial score (nSPS) is 15.6. The van der Waals surface area contributed by atoms with Crippen LogP contribution in [0.25, 0.3) is 0 Å². The van der Waals surface area contributed by atoms with Crippen molar-refractivity contribution in [2.75, 3.05) is 31.1 Å².